The zero-order valence-electron chi connectivity index (χ0n) is 8.72. The summed E-state index contributed by atoms with van der Waals surface area (Å²) in [5.41, 5.74) is 0.344. The average Bonchev–Trinajstić information content (AvgIpc) is 2.18. The maximum absolute atomic E-state index is 11.8. The molecule has 0 bridgehead atoms. The molecule has 0 aliphatic carbocycles. The second kappa shape index (κ2) is 5.27. The summed E-state index contributed by atoms with van der Waals surface area (Å²) in [6, 6.07) is 4.78. The Labute approximate surface area is 101 Å². The predicted octanol–water partition coefficient (Wildman–Crippen LogP) is 3.15. The molecule has 1 atom stereocenters. The lowest BCUT2D eigenvalue weighted by Gasteiger charge is -2.10. The summed E-state index contributed by atoms with van der Waals surface area (Å²) in [6.07, 6.45) is -4.73. The molecular weight excluding hydrogens is 259 g/mol. The van der Waals surface area contributed by atoms with E-state index in [4.69, 9.17) is 11.6 Å². The molecule has 0 saturated carbocycles. The zero-order valence-corrected chi connectivity index (χ0v) is 9.47. The molecule has 0 aromatic heterocycles. The largest absolute Gasteiger partial charge is 0.573 e. The monoisotopic (exact) mass is 267 g/mol. The quantitative estimate of drug-likeness (QED) is 0.855. The van der Waals surface area contributed by atoms with Gasteiger partial charge in [0.1, 0.15) is 11.1 Å². The van der Waals surface area contributed by atoms with E-state index in [0.717, 1.165) is 12.1 Å². The number of carbonyl (C=O) groups excluding carboxylic acids is 1. The van der Waals surface area contributed by atoms with Gasteiger partial charge in [0.15, 0.2) is 0 Å². The summed E-state index contributed by atoms with van der Waals surface area (Å²) >= 11 is 5.51. The maximum Gasteiger partial charge on any atom is 0.573 e. The van der Waals surface area contributed by atoms with Gasteiger partial charge in [0.05, 0.1) is 0 Å². The highest BCUT2D eigenvalue weighted by Gasteiger charge is 2.30. The summed E-state index contributed by atoms with van der Waals surface area (Å²) in [7, 11) is 0. The van der Waals surface area contributed by atoms with Gasteiger partial charge in [-0.25, -0.2) is 0 Å². The van der Waals surface area contributed by atoms with Crippen molar-refractivity contribution in [1.82, 2.24) is 0 Å². The van der Waals surface area contributed by atoms with Gasteiger partial charge in [-0.3, -0.25) is 4.79 Å². The third-order valence-corrected chi connectivity index (χ3v) is 1.91. The van der Waals surface area contributed by atoms with Gasteiger partial charge in [-0.05, 0) is 31.2 Å². The van der Waals surface area contributed by atoms with E-state index >= 15 is 0 Å². The number of alkyl halides is 4. The van der Waals surface area contributed by atoms with Crippen molar-refractivity contribution < 1.29 is 22.7 Å². The lowest BCUT2D eigenvalue weighted by Crippen LogP contribution is -2.20. The number of nitrogens with one attached hydrogen (secondary N) is 1. The second-order valence-electron chi connectivity index (χ2n) is 3.18. The minimum absolute atomic E-state index is 0.344. The second-order valence-corrected chi connectivity index (χ2v) is 3.83. The predicted molar refractivity (Wildman–Crippen MR) is 57.1 cm³/mol. The molecule has 1 aromatic carbocycles. The van der Waals surface area contributed by atoms with E-state index in [9.17, 15) is 18.0 Å². The highest BCUT2D eigenvalue weighted by Crippen LogP contribution is 2.23. The first-order valence-corrected chi connectivity index (χ1v) is 5.02. The highest BCUT2D eigenvalue weighted by atomic mass is 35.5. The Morgan fingerprint density at radius 3 is 2.29 bits per heavy atom. The fourth-order valence-corrected chi connectivity index (χ4v) is 1.04. The van der Waals surface area contributed by atoms with Crippen molar-refractivity contribution in [3.63, 3.8) is 0 Å². The molecule has 3 nitrogen and oxygen atoms in total. The van der Waals surface area contributed by atoms with Gasteiger partial charge in [-0.15, -0.1) is 24.8 Å². The van der Waals surface area contributed by atoms with E-state index in [0.29, 0.717) is 5.69 Å². The molecule has 0 aliphatic heterocycles. The molecule has 1 amide bonds. The fraction of sp³-hybridized carbons (Fsp3) is 0.300. The summed E-state index contributed by atoms with van der Waals surface area (Å²) in [5, 5.41) is 1.70. The molecule has 1 N–H and O–H groups in total. The average molecular weight is 268 g/mol. The van der Waals surface area contributed by atoms with Crippen LogP contribution in [0.2, 0.25) is 0 Å². The molecule has 17 heavy (non-hydrogen) atoms. The molecule has 0 spiro atoms. The van der Waals surface area contributed by atoms with Crippen molar-refractivity contribution >= 4 is 23.2 Å². The normalized spacial score (nSPS) is 13.0. The van der Waals surface area contributed by atoms with Crippen LogP contribution in [0.4, 0.5) is 18.9 Å². The molecule has 0 radical (unpaired) electrons. The fourth-order valence-electron chi connectivity index (χ4n) is 0.982. The van der Waals surface area contributed by atoms with Crippen LogP contribution >= 0.6 is 11.6 Å². The Morgan fingerprint density at radius 1 is 1.35 bits per heavy atom. The van der Waals surface area contributed by atoms with Gasteiger partial charge in [-0.2, -0.15) is 0 Å². The molecule has 0 heterocycles. The standard InChI is InChI=1S/C10H9ClF3NO2/c1-6(11)9(16)15-7-2-4-8(5-3-7)17-10(12,13)14/h2-6H,1H3,(H,15,16)/t6-/m0/s1. The molecule has 0 aliphatic rings. The van der Waals surface area contributed by atoms with Crippen LogP contribution < -0.4 is 10.1 Å². The van der Waals surface area contributed by atoms with E-state index in [2.05, 4.69) is 10.1 Å². The van der Waals surface area contributed by atoms with Crippen molar-refractivity contribution in [1.29, 1.82) is 0 Å². The van der Waals surface area contributed by atoms with Crippen molar-refractivity contribution in [3.8, 4) is 5.75 Å². The molecular formula is C10H9ClF3NO2. The molecule has 0 fully saturated rings. The molecule has 0 unspecified atom stereocenters. The van der Waals surface area contributed by atoms with E-state index in [1.165, 1.54) is 19.1 Å². The number of hydrogen-bond acceptors (Lipinski definition) is 2. The van der Waals surface area contributed by atoms with Crippen LogP contribution in [-0.4, -0.2) is 17.6 Å². The number of anilines is 1. The van der Waals surface area contributed by atoms with Crippen LogP contribution in [-0.2, 0) is 4.79 Å². The van der Waals surface area contributed by atoms with Crippen molar-refractivity contribution in [3.05, 3.63) is 24.3 Å². The Bertz CT molecular complexity index is 390. The first-order chi connectivity index (χ1) is 7.78. The Morgan fingerprint density at radius 2 is 1.88 bits per heavy atom. The van der Waals surface area contributed by atoms with Gasteiger partial charge in [-0.1, -0.05) is 0 Å². The van der Waals surface area contributed by atoms with Crippen LogP contribution in [0.5, 0.6) is 5.75 Å². The number of rotatable bonds is 3. The Hall–Kier alpha value is -1.43. The number of halogens is 4. The Balaban J connectivity index is 2.65. The van der Waals surface area contributed by atoms with Crippen LogP contribution in [0.15, 0.2) is 24.3 Å². The van der Waals surface area contributed by atoms with Crippen LogP contribution in [0.25, 0.3) is 0 Å². The maximum atomic E-state index is 11.8. The summed E-state index contributed by atoms with van der Waals surface area (Å²) < 4.78 is 39.2. The number of ether oxygens (including phenoxy) is 1. The third kappa shape index (κ3) is 4.95. The minimum Gasteiger partial charge on any atom is -0.406 e. The lowest BCUT2D eigenvalue weighted by molar-refractivity contribution is -0.274. The number of amides is 1. The van der Waals surface area contributed by atoms with Crippen molar-refractivity contribution in [2.75, 3.05) is 5.32 Å². The highest BCUT2D eigenvalue weighted by molar-refractivity contribution is 6.32. The number of hydrogen-bond donors (Lipinski definition) is 1. The first kappa shape index (κ1) is 13.6. The summed E-state index contributed by atoms with van der Waals surface area (Å²) in [6.45, 7) is 1.48. The van der Waals surface area contributed by atoms with Crippen molar-refractivity contribution in [2.45, 2.75) is 18.7 Å². The van der Waals surface area contributed by atoms with Gasteiger partial charge in [0.2, 0.25) is 5.91 Å². The summed E-state index contributed by atoms with van der Waals surface area (Å²) in [5.74, 6) is -0.787. The SMILES string of the molecule is C[C@H](Cl)C(=O)Nc1ccc(OC(F)(F)F)cc1. The van der Waals surface area contributed by atoms with Crippen LogP contribution in [0, 0.1) is 0 Å². The first-order valence-electron chi connectivity index (χ1n) is 4.58. The molecule has 94 valence electrons. The summed E-state index contributed by atoms with van der Waals surface area (Å²) in [4.78, 5) is 11.2. The van der Waals surface area contributed by atoms with Gasteiger partial charge in [0, 0.05) is 5.69 Å². The zero-order chi connectivity index (χ0) is 13.1. The number of benzene rings is 1. The molecule has 7 heteroatoms. The van der Waals surface area contributed by atoms with Gasteiger partial charge in [0.25, 0.3) is 0 Å². The molecule has 1 rings (SSSR count). The van der Waals surface area contributed by atoms with E-state index in [-0.39, 0.29) is 5.75 Å². The van der Waals surface area contributed by atoms with Crippen LogP contribution in [0.3, 0.4) is 0 Å². The molecule has 1 aromatic rings. The number of carbonyl (C=O) groups is 1. The van der Waals surface area contributed by atoms with Crippen LogP contribution in [0.1, 0.15) is 6.92 Å². The molecule has 0 saturated heterocycles. The Kier molecular flexibility index (Phi) is 4.22. The topological polar surface area (TPSA) is 38.3 Å². The van der Waals surface area contributed by atoms with E-state index in [1.807, 2.05) is 0 Å². The van der Waals surface area contributed by atoms with Crippen molar-refractivity contribution in [2.24, 2.45) is 0 Å². The third-order valence-electron chi connectivity index (χ3n) is 1.72. The van der Waals surface area contributed by atoms with E-state index in [1.54, 1.807) is 0 Å². The lowest BCUT2D eigenvalue weighted by atomic mass is 10.3. The van der Waals surface area contributed by atoms with E-state index < -0.39 is 17.6 Å². The smallest absolute Gasteiger partial charge is 0.406 e. The minimum atomic E-state index is -4.73. The van der Waals surface area contributed by atoms with Gasteiger partial charge >= 0.3 is 6.36 Å². The van der Waals surface area contributed by atoms with Gasteiger partial charge < -0.3 is 10.1 Å².